The van der Waals surface area contributed by atoms with Gasteiger partial charge in [-0.15, -0.1) is 0 Å². The second kappa shape index (κ2) is 9.73. The van der Waals surface area contributed by atoms with E-state index in [1.165, 1.54) is 24.3 Å². The number of nitrogens with zero attached hydrogens (tertiary/aromatic N) is 1. The molecule has 2 aromatic rings. The van der Waals surface area contributed by atoms with Gasteiger partial charge in [-0.3, -0.25) is 4.79 Å². The normalized spacial score (nSPS) is 18.9. The van der Waals surface area contributed by atoms with Crippen LogP contribution in [0.2, 0.25) is 0 Å². The lowest BCUT2D eigenvalue weighted by Gasteiger charge is -2.29. The van der Waals surface area contributed by atoms with Crippen LogP contribution in [0.15, 0.2) is 42.5 Å². The zero-order valence-corrected chi connectivity index (χ0v) is 17.4. The molecular weight excluding hydrogens is 448 g/mol. The molecule has 2 N–H and O–H groups in total. The van der Waals surface area contributed by atoms with E-state index in [2.05, 4.69) is 10.6 Å². The molecule has 1 fully saturated rings. The zero-order chi connectivity index (χ0) is 24.2. The molecular formula is C23H21F6N3O. The summed E-state index contributed by atoms with van der Waals surface area (Å²) in [5, 5.41) is 14.6. The number of carbonyl (C=O) groups is 1. The minimum Gasteiger partial charge on any atom is -0.385 e. The van der Waals surface area contributed by atoms with E-state index in [4.69, 9.17) is 5.26 Å². The second-order valence-electron chi connectivity index (χ2n) is 8.02. The highest BCUT2D eigenvalue weighted by Gasteiger charge is 2.34. The second-order valence-corrected chi connectivity index (χ2v) is 8.02. The van der Waals surface area contributed by atoms with Crippen LogP contribution in [0.25, 0.3) is 0 Å². The van der Waals surface area contributed by atoms with Crippen LogP contribution in [-0.2, 0) is 12.4 Å². The first kappa shape index (κ1) is 24.4. The molecule has 176 valence electrons. The standard InChI is InChI=1S/C23H21F6N3O/c24-22(25,26)17-3-1-2-15(10-17)21(33)32-18-7-4-14(5-8-18)13-31-19-9-6-16(12-30)20(11-19)23(27,28)29/h1-3,6,9-11,14,18,31H,4-5,7-8,13H2,(H,32,33)/t14-,18-. The molecule has 0 unspecified atom stereocenters. The predicted molar refractivity (Wildman–Crippen MR) is 109 cm³/mol. The SMILES string of the molecule is N#Cc1ccc(NC[C@H]2CC[C@H](NC(=O)c3cccc(C(F)(F)F)c3)CC2)cc1C(F)(F)F. The Balaban J connectivity index is 1.51. The van der Waals surface area contributed by atoms with Crippen molar-refractivity contribution in [2.24, 2.45) is 5.92 Å². The number of amides is 1. The van der Waals surface area contributed by atoms with E-state index in [9.17, 15) is 31.1 Å². The van der Waals surface area contributed by atoms with E-state index >= 15 is 0 Å². The Morgan fingerprint density at radius 1 is 0.970 bits per heavy atom. The van der Waals surface area contributed by atoms with E-state index in [0.29, 0.717) is 32.2 Å². The van der Waals surface area contributed by atoms with Crippen molar-refractivity contribution in [2.75, 3.05) is 11.9 Å². The van der Waals surface area contributed by atoms with Crippen LogP contribution in [0, 0.1) is 17.2 Å². The van der Waals surface area contributed by atoms with Crippen LogP contribution in [0.3, 0.4) is 0 Å². The number of alkyl halides is 6. The van der Waals surface area contributed by atoms with Crippen molar-refractivity contribution in [1.82, 2.24) is 5.32 Å². The van der Waals surface area contributed by atoms with Crippen molar-refractivity contribution < 1.29 is 31.1 Å². The molecule has 4 nitrogen and oxygen atoms in total. The molecule has 0 atom stereocenters. The van der Waals surface area contributed by atoms with Gasteiger partial charge in [0.25, 0.3) is 5.91 Å². The summed E-state index contributed by atoms with van der Waals surface area (Å²) in [6, 6.07) is 9.06. The van der Waals surface area contributed by atoms with E-state index in [0.717, 1.165) is 24.3 Å². The smallest absolute Gasteiger partial charge is 0.385 e. The van der Waals surface area contributed by atoms with Crippen molar-refractivity contribution in [3.8, 4) is 6.07 Å². The maximum atomic E-state index is 13.1. The number of hydrogen-bond donors (Lipinski definition) is 2. The fraction of sp³-hybridized carbons (Fsp3) is 0.391. The van der Waals surface area contributed by atoms with Gasteiger partial charge >= 0.3 is 12.4 Å². The molecule has 0 heterocycles. The molecule has 0 radical (unpaired) electrons. The highest BCUT2D eigenvalue weighted by molar-refractivity contribution is 5.94. The van der Waals surface area contributed by atoms with E-state index in [-0.39, 0.29) is 23.2 Å². The lowest BCUT2D eigenvalue weighted by Crippen LogP contribution is -2.38. The molecule has 1 amide bonds. The highest BCUT2D eigenvalue weighted by Crippen LogP contribution is 2.34. The lowest BCUT2D eigenvalue weighted by molar-refractivity contribution is -0.138. The number of halogens is 6. The molecule has 10 heteroatoms. The Morgan fingerprint density at radius 3 is 2.27 bits per heavy atom. The first-order chi connectivity index (χ1) is 15.5. The first-order valence-electron chi connectivity index (χ1n) is 10.3. The maximum Gasteiger partial charge on any atom is 0.417 e. The summed E-state index contributed by atoms with van der Waals surface area (Å²) in [7, 11) is 0. The predicted octanol–water partition coefficient (Wildman–Crippen LogP) is 6.00. The molecule has 0 aliphatic heterocycles. The number of benzene rings is 2. The molecule has 1 saturated carbocycles. The molecule has 1 aliphatic carbocycles. The van der Waals surface area contributed by atoms with E-state index in [1.54, 1.807) is 0 Å². The van der Waals surface area contributed by atoms with Crippen LogP contribution in [-0.4, -0.2) is 18.5 Å². The molecule has 0 aromatic heterocycles. The number of carbonyl (C=O) groups excluding carboxylic acids is 1. The summed E-state index contributed by atoms with van der Waals surface area (Å²) < 4.78 is 77.8. The average molecular weight is 469 g/mol. The third kappa shape index (κ3) is 6.40. The molecule has 33 heavy (non-hydrogen) atoms. The minimum absolute atomic E-state index is 0.0603. The van der Waals surface area contributed by atoms with Gasteiger partial charge in [-0.1, -0.05) is 6.07 Å². The Bertz CT molecular complexity index is 1030. The molecule has 3 rings (SSSR count). The van der Waals surface area contributed by atoms with Crippen molar-refractivity contribution in [1.29, 1.82) is 5.26 Å². The average Bonchev–Trinajstić information content (AvgIpc) is 2.77. The highest BCUT2D eigenvalue weighted by atomic mass is 19.4. The summed E-state index contributed by atoms with van der Waals surface area (Å²) in [6.07, 6.45) is -6.54. The van der Waals surface area contributed by atoms with Crippen LogP contribution in [0.5, 0.6) is 0 Å². The Hall–Kier alpha value is -3.22. The van der Waals surface area contributed by atoms with Crippen molar-refractivity contribution in [3.05, 3.63) is 64.7 Å². The summed E-state index contributed by atoms with van der Waals surface area (Å²) >= 11 is 0. The monoisotopic (exact) mass is 469 g/mol. The van der Waals surface area contributed by atoms with Gasteiger partial charge in [0.15, 0.2) is 0 Å². The molecule has 0 bridgehead atoms. The Labute approximate surface area is 186 Å². The number of nitriles is 1. The Kier molecular flexibility index (Phi) is 7.20. The molecule has 2 aromatic carbocycles. The summed E-state index contributed by atoms with van der Waals surface area (Å²) in [5.41, 5.74) is -2.11. The van der Waals surface area contributed by atoms with Gasteiger partial charge in [0, 0.05) is 23.8 Å². The van der Waals surface area contributed by atoms with Gasteiger partial charge < -0.3 is 10.6 Å². The van der Waals surface area contributed by atoms with Crippen molar-refractivity contribution >= 4 is 11.6 Å². The molecule has 0 spiro atoms. The number of anilines is 1. The third-order valence-corrected chi connectivity index (χ3v) is 5.67. The zero-order valence-electron chi connectivity index (χ0n) is 17.4. The maximum absolute atomic E-state index is 13.1. The number of rotatable bonds is 5. The van der Waals surface area contributed by atoms with E-state index in [1.807, 2.05) is 0 Å². The van der Waals surface area contributed by atoms with Gasteiger partial charge in [-0.05, 0) is 68.0 Å². The van der Waals surface area contributed by atoms with Crippen LogP contribution >= 0.6 is 0 Å². The van der Waals surface area contributed by atoms with Gasteiger partial charge in [0.2, 0.25) is 0 Å². The van der Waals surface area contributed by atoms with Crippen molar-refractivity contribution in [3.63, 3.8) is 0 Å². The minimum atomic E-state index is -4.63. The molecule has 1 aliphatic rings. The van der Waals surface area contributed by atoms with Crippen LogP contribution in [0.1, 0.15) is 52.7 Å². The van der Waals surface area contributed by atoms with Crippen LogP contribution in [0.4, 0.5) is 32.0 Å². The third-order valence-electron chi connectivity index (χ3n) is 5.67. The van der Waals surface area contributed by atoms with Crippen LogP contribution < -0.4 is 10.6 Å². The quantitative estimate of drug-likeness (QED) is 0.528. The first-order valence-corrected chi connectivity index (χ1v) is 10.3. The number of nitrogens with one attached hydrogen (secondary N) is 2. The fourth-order valence-corrected chi connectivity index (χ4v) is 3.86. The Morgan fingerprint density at radius 2 is 1.67 bits per heavy atom. The lowest BCUT2D eigenvalue weighted by atomic mass is 9.85. The topological polar surface area (TPSA) is 64.9 Å². The largest absolute Gasteiger partial charge is 0.417 e. The van der Waals surface area contributed by atoms with Gasteiger partial charge in [0.05, 0.1) is 22.8 Å². The number of hydrogen-bond acceptors (Lipinski definition) is 3. The summed E-state index contributed by atoms with van der Waals surface area (Å²) in [5.74, 6) is -0.406. The fourth-order valence-electron chi connectivity index (χ4n) is 3.86. The molecule has 0 saturated heterocycles. The van der Waals surface area contributed by atoms with Crippen molar-refractivity contribution in [2.45, 2.75) is 44.1 Å². The van der Waals surface area contributed by atoms with Gasteiger partial charge in [0.1, 0.15) is 0 Å². The summed E-state index contributed by atoms with van der Waals surface area (Å²) in [4.78, 5) is 12.3. The summed E-state index contributed by atoms with van der Waals surface area (Å²) in [6.45, 7) is 0.428. The van der Waals surface area contributed by atoms with Gasteiger partial charge in [-0.2, -0.15) is 31.6 Å². The van der Waals surface area contributed by atoms with Gasteiger partial charge in [-0.25, -0.2) is 0 Å². The van der Waals surface area contributed by atoms with E-state index < -0.39 is 35.0 Å².